The number of nitrogens with one attached hydrogen (secondary N) is 1. The number of aliphatic hydroxyl groups is 1. The SMILES string of the molecule is CSCCC(CO)Nc1ncnc2c1CCO2. The van der Waals surface area contributed by atoms with E-state index in [1.807, 2.05) is 0 Å². The second-order valence-corrected chi connectivity index (χ2v) is 4.90. The molecule has 1 atom stereocenters. The van der Waals surface area contributed by atoms with Crippen LogP contribution >= 0.6 is 11.8 Å². The molecule has 5 nitrogen and oxygen atoms in total. The zero-order valence-electron chi connectivity index (χ0n) is 9.85. The first kappa shape index (κ1) is 12.4. The smallest absolute Gasteiger partial charge is 0.221 e. The van der Waals surface area contributed by atoms with Crippen molar-refractivity contribution in [1.29, 1.82) is 0 Å². The van der Waals surface area contributed by atoms with Gasteiger partial charge < -0.3 is 15.2 Å². The molecule has 2 heterocycles. The second-order valence-electron chi connectivity index (χ2n) is 3.91. The largest absolute Gasteiger partial charge is 0.477 e. The summed E-state index contributed by atoms with van der Waals surface area (Å²) in [6.07, 6.45) is 5.30. The maximum atomic E-state index is 9.32. The zero-order valence-corrected chi connectivity index (χ0v) is 10.7. The number of anilines is 1. The molecule has 0 bridgehead atoms. The second kappa shape index (κ2) is 6.07. The molecule has 1 aliphatic rings. The summed E-state index contributed by atoms with van der Waals surface area (Å²) in [5, 5.41) is 12.6. The molecule has 2 rings (SSSR count). The molecule has 0 saturated carbocycles. The van der Waals surface area contributed by atoms with E-state index in [1.165, 1.54) is 6.33 Å². The van der Waals surface area contributed by atoms with Crippen molar-refractivity contribution in [3.8, 4) is 5.88 Å². The fourth-order valence-corrected chi connectivity index (χ4v) is 2.30. The molecule has 17 heavy (non-hydrogen) atoms. The van der Waals surface area contributed by atoms with Crippen molar-refractivity contribution in [1.82, 2.24) is 9.97 Å². The number of aromatic nitrogens is 2. The van der Waals surface area contributed by atoms with Gasteiger partial charge in [0.1, 0.15) is 12.1 Å². The number of hydrogen-bond donors (Lipinski definition) is 2. The summed E-state index contributed by atoms with van der Waals surface area (Å²) in [4.78, 5) is 8.30. The van der Waals surface area contributed by atoms with Crippen molar-refractivity contribution in [2.24, 2.45) is 0 Å². The molecular weight excluding hydrogens is 238 g/mol. The Labute approximate surface area is 105 Å². The zero-order chi connectivity index (χ0) is 12.1. The fourth-order valence-electron chi connectivity index (χ4n) is 1.78. The van der Waals surface area contributed by atoms with Crippen molar-refractivity contribution in [2.45, 2.75) is 18.9 Å². The predicted molar refractivity (Wildman–Crippen MR) is 68.7 cm³/mol. The molecule has 1 aromatic rings. The molecule has 0 radical (unpaired) electrons. The molecule has 1 aliphatic heterocycles. The lowest BCUT2D eigenvalue weighted by Gasteiger charge is -2.17. The van der Waals surface area contributed by atoms with Gasteiger partial charge >= 0.3 is 0 Å². The Kier molecular flexibility index (Phi) is 4.44. The highest BCUT2D eigenvalue weighted by molar-refractivity contribution is 7.98. The monoisotopic (exact) mass is 255 g/mol. The van der Waals surface area contributed by atoms with Crippen molar-refractivity contribution >= 4 is 17.6 Å². The van der Waals surface area contributed by atoms with Gasteiger partial charge in [-0.2, -0.15) is 11.8 Å². The predicted octanol–water partition coefficient (Wildman–Crippen LogP) is 0.937. The average Bonchev–Trinajstić information content (AvgIpc) is 2.83. The van der Waals surface area contributed by atoms with Crippen molar-refractivity contribution in [3.05, 3.63) is 11.9 Å². The van der Waals surface area contributed by atoms with E-state index in [0.29, 0.717) is 12.5 Å². The van der Waals surface area contributed by atoms with Crippen LogP contribution in [0.2, 0.25) is 0 Å². The van der Waals surface area contributed by atoms with Crippen LogP contribution in [0.4, 0.5) is 5.82 Å². The average molecular weight is 255 g/mol. The van der Waals surface area contributed by atoms with Crippen LogP contribution in [-0.2, 0) is 6.42 Å². The first-order valence-corrected chi connectivity index (χ1v) is 7.07. The maximum absolute atomic E-state index is 9.32. The molecule has 0 spiro atoms. The third kappa shape index (κ3) is 3.01. The third-order valence-electron chi connectivity index (χ3n) is 2.73. The van der Waals surface area contributed by atoms with Crippen molar-refractivity contribution < 1.29 is 9.84 Å². The van der Waals surface area contributed by atoms with E-state index < -0.39 is 0 Å². The summed E-state index contributed by atoms with van der Waals surface area (Å²) in [5.74, 6) is 2.49. The van der Waals surface area contributed by atoms with E-state index in [1.54, 1.807) is 11.8 Å². The lowest BCUT2D eigenvalue weighted by atomic mass is 10.2. The van der Waals surface area contributed by atoms with Crippen LogP contribution in [0, 0.1) is 0 Å². The molecule has 1 unspecified atom stereocenters. The summed E-state index contributed by atoms with van der Waals surface area (Å²) in [5.41, 5.74) is 1.02. The minimum absolute atomic E-state index is 0.0436. The summed E-state index contributed by atoms with van der Waals surface area (Å²) < 4.78 is 5.38. The minimum atomic E-state index is 0.0436. The molecule has 0 amide bonds. The highest BCUT2D eigenvalue weighted by atomic mass is 32.2. The van der Waals surface area contributed by atoms with Gasteiger partial charge in [-0.25, -0.2) is 9.97 Å². The molecule has 0 aliphatic carbocycles. The summed E-state index contributed by atoms with van der Waals surface area (Å²) >= 11 is 1.77. The van der Waals surface area contributed by atoms with Crippen molar-refractivity contribution in [3.63, 3.8) is 0 Å². The number of rotatable bonds is 6. The Morgan fingerprint density at radius 2 is 2.47 bits per heavy atom. The number of fused-ring (bicyclic) bond motifs is 1. The molecular formula is C11H17N3O2S. The van der Waals surface area contributed by atoms with E-state index in [0.717, 1.165) is 30.0 Å². The topological polar surface area (TPSA) is 67.3 Å². The summed E-state index contributed by atoms with van der Waals surface area (Å²) in [6.45, 7) is 0.775. The summed E-state index contributed by atoms with van der Waals surface area (Å²) in [7, 11) is 0. The normalized spacial score (nSPS) is 15.2. The molecule has 94 valence electrons. The number of aliphatic hydroxyl groups excluding tert-OH is 1. The molecule has 0 aromatic carbocycles. The lowest BCUT2D eigenvalue weighted by molar-refractivity contribution is 0.272. The molecule has 6 heteroatoms. The molecule has 0 saturated heterocycles. The number of thioether (sulfide) groups is 1. The first-order valence-electron chi connectivity index (χ1n) is 5.68. The van der Waals surface area contributed by atoms with Gasteiger partial charge in [-0.05, 0) is 18.4 Å². The molecule has 0 fully saturated rings. The number of nitrogens with zero attached hydrogens (tertiary/aromatic N) is 2. The highest BCUT2D eigenvalue weighted by Crippen LogP contribution is 2.27. The van der Waals surface area contributed by atoms with E-state index in [2.05, 4.69) is 21.5 Å². The van der Waals surface area contributed by atoms with Crippen LogP contribution in [0.3, 0.4) is 0 Å². The van der Waals surface area contributed by atoms with Gasteiger partial charge in [-0.3, -0.25) is 0 Å². The standard InChI is InChI=1S/C11H17N3O2S/c1-17-5-3-8(6-15)14-10-9-2-4-16-11(9)13-7-12-10/h7-8,15H,2-6H2,1H3,(H,12,13,14). The van der Waals surface area contributed by atoms with Crippen LogP contribution in [0.5, 0.6) is 5.88 Å². The van der Waals surface area contributed by atoms with Crippen LogP contribution in [0.15, 0.2) is 6.33 Å². The van der Waals surface area contributed by atoms with Gasteiger partial charge in [0.25, 0.3) is 0 Å². The van der Waals surface area contributed by atoms with Gasteiger partial charge in [0, 0.05) is 6.42 Å². The van der Waals surface area contributed by atoms with Crippen LogP contribution in [-0.4, -0.2) is 46.3 Å². The van der Waals surface area contributed by atoms with Crippen LogP contribution in [0.1, 0.15) is 12.0 Å². The number of ether oxygens (including phenoxy) is 1. The van der Waals surface area contributed by atoms with Gasteiger partial charge in [0.05, 0.1) is 24.8 Å². The highest BCUT2D eigenvalue weighted by Gasteiger charge is 2.20. The Morgan fingerprint density at radius 1 is 1.59 bits per heavy atom. The van der Waals surface area contributed by atoms with E-state index in [9.17, 15) is 5.11 Å². The van der Waals surface area contributed by atoms with Gasteiger partial charge in [0.15, 0.2) is 0 Å². The molecule has 2 N–H and O–H groups in total. The lowest BCUT2D eigenvalue weighted by Crippen LogP contribution is -2.25. The van der Waals surface area contributed by atoms with Gasteiger partial charge in [-0.1, -0.05) is 0 Å². The van der Waals surface area contributed by atoms with Crippen molar-refractivity contribution in [2.75, 3.05) is 30.5 Å². The maximum Gasteiger partial charge on any atom is 0.221 e. The summed E-state index contributed by atoms with van der Waals surface area (Å²) in [6, 6.07) is 0.0436. The first-order chi connectivity index (χ1) is 8.35. The quantitative estimate of drug-likeness (QED) is 0.788. The minimum Gasteiger partial charge on any atom is -0.477 e. The van der Waals surface area contributed by atoms with Crippen LogP contribution in [0.25, 0.3) is 0 Å². The van der Waals surface area contributed by atoms with Gasteiger partial charge in [-0.15, -0.1) is 0 Å². The Balaban J connectivity index is 2.04. The van der Waals surface area contributed by atoms with E-state index in [-0.39, 0.29) is 12.6 Å². The third-order valence-corrected chi connectivity index (χ3v) is 3.37. The Hall–Kier alpha value is -1.01. The van der Waals surface area contributed by atoms with E-state index >= 15 is 0 Å². The fraction of sp³-hybridized carbons (Fsp3) is 0.636. The Bertz CT molecular complexity index is 376. The van der Waals surface area contributed by atoms with E-state index in [4.69, 9.17) is 4.74 Å². The van der Waals surface area contributed by atoms with Crippen LogP contribution < -0.4 is 10.1 Å². The van der Waals surface area contributed by atoms with Gasteiger partial charge in [0.2, 0.25) is 5.88 Å². The molecule has 1 aromatic heterocycles. The Morgan fingerprint density at radius 3 is 3.24 bits per heavy atom. The number of hydrogen-bond acceptors (Lipinski definition) is 6.